The van der Waals surface area contributed by atoms with Crippen LogP contribution in [0.15, 0.2) is 48.7 Å². The van der Waals surface area contributed by atoms with Crippen molar-refractivity contribution >= 4 is 11.8 Å². The Hall–Kier alpha value is -2.69. The largest absolute Gasteiger partial charge is 0.352 e. The number of rotatable bonds is 5. The summed E-state index contributed by atoms with van der Waals surface area (Å²) in [4.78, 5) is 28.4. The first-order valence-corrected chi connectivity index (χ1v) is 7.96. The first-order valence-electron chi connectivity index (χ1n) is 7.96. The van der Waals surface area contributed by atoms with Crippen molar-refractivity contribution in [2.75, 3.05) is 6.54 Å². The van der Waals surface area contributed by atoms with E-state index in [1.165, 1.54) is 12.3 Å². The molecular formula is C19H23N3O2. The van der Waals surface area contributed by atoms with Crippen LogP contribution in [0.5, 0.6) is 0 Å². The molecule has 0 spiro atoms. The van der Waals surface area contributed by atoms with Gasteiger partial charge in [-0.15, -0.1) is 0 Å². The van der Waals surface area contributed by atoms with Crippen LogP contribution < -0.4 is 10.6 Å². The zero-order valence-electron chi connectivity index (χ0n) is 14.3. The van der Waals surface area contributed by atoms with Crippen LogP contribution in [0, 0.1) is 0 Å². The molecule has 2 rings (SSSR count). The summed E-state index contributed by atoms with van der Waals surface area (Å²) in [5.74, 6) is -0.500. The lowest BCUT2D eigenvalue weighted by Crippen LogP contribution is -2.41. The maximum Gasteiger partial charge on any atom is 0.270 e. The van der Waals surface area contributed by atoms with E-state index in [4.69, 9.17) is 0 Å². The number of benzene rings is 1. The standard InChI is InChI=1S/C19H23N3O2/c1-19(2,3)22-18(24)16-13-15(10-12-20-16)17(23)21-11-9-14-7-5-4-6-8-14/h4-8,10,12-13H,9,11H2,1-3H3,(H,21,23)(H,22,24). The van der Waals surface area contributed by atoms with Crippen molar-refractivity contribution in [2.45, 2.75) is 32.7 Å². The summed E-state index contributed by atoms with van der Waals surface area (Å²) in [6, 6.07) is 13.1. The molecule has 0 atom stereocenters. The summed E-state index contributed by atoms with van der Waals surface area (Å²) in [5, 5.41) is 5.70. The molecule has 0 saturated carbocycles. The van der Waals surface area contributed by atoms with E-state index in [1.807, 2.05) is 51.1 Å². The van der Waals surface area contributed by atoms with E-state index < -0.39 is 0 Å². The van der Waals surface area contributed by atoms with Crippen LogP contribution in [0.4, 0.5) is 0 Å². The monoisotopic (exact) mass is 325 g/mol. The molecule has 0 fully saturated rings. The SMILES string of the molecule is CC(C)(C)NC(=O)c1cc(C(=O)NCCc2ccccc2)ccn1. The van der Waals surface area contributed by atoms with Gasteiger partial charge in [-0.05, 0) is 44.9 Å². The van der Waals surface area contributed by atoms with Gasteiger partial charge in [0.2, 0.25) is 0 Å². The van der Waals surface area contributed by atoms with E-state index in [1.54, 1.807) is 6.07 Å². The van der Waals surface area contributed by atoms with Crippen molar-refractivity contribution in [1.29, 1.82) is 0 Å². The molecule has 0 aliphatic carbocycles. The number of nitrogens with zero attached hydrogens (tertiary/aromatic N) is 1. The summed E-state index contributed by atoms with van der Waals surface area (Å²) in [6.45, 7) is 6.22. The highest BCUT2D eigenvalue weighted by atomic mass is 16.2. The van der Waals surface area contributed by atoms with Gasteiger partial charge in [0, 0.05) is 23.8 Å². The lowest BCUT2D eigenvalue weighted by atomic mass is 10.1. The minimum absolute atomic E-state index is 0.210. The van der Waals surface area contributed by atoms with E-state index >= 15 is 0 Å². The summed E-state index contributed by atoms with van der Waals surface area (Å²) >= 11 is 0. The molecule has 126 valence electrons. The van der Waals surface area contributed by atoms with E-state index in [0.29, 0.717) is 12.1 Å². The third-order valence-corrected chi connectivity index (χ3v) is 3.29. The number of amides is 2. The highest BCUT2D eigenvalue weighted by Crippen LogP contribution is 2.06. The number of carbonyl (C=O) groups excluding carboxylic acids is 2. The Labute approximate surface area is 142 Å². The number of aromatic nitrogens is 1. The van der Waals surface area contributed by atoms with Crippen LogP contribution in [0.25, 0.3) is 0 Å². The molecule has 0 aliphatic rings. The second-order valence-corrected chi connectivity index (χ2v) is 6.63. The fourth-order valence-corrected chi connectivity index (χ4v) is 2.17. The Morgan fingerprint density at radius 3 is 2.42 bits per heavy atom. The maximum atomic E-state index is 12.2. The van der Waals surface area contributed by atoms with E-state index in [-0.39, 0.29) is 23.0 Å². The summed E-state index contributed by atoms with van der Waals surface area (Å²) in [7, 11) is 0. The minimum atomic E-state index is -0.354. The second kappa shape index (κ2) is 7.73. The summed E-state index contributed by atoms with van der Waals surface area (Å²) in [5.41, 5.74) is 1.47. The molecule has 2 N–H and O–H groups in total. The predicted molar refractivity (Wildman–Crippen MR) is 93.9 cm³/mol. The van der Waals surface area contributed by atoms with Gasteiger partial charge >= 0.3 is 0 Å². The van der Waals surface area contributed by atoms with Gasteiger partial charge in [-0.25, -0.2) is 0 Å². The molecule has 1 heterocycles. The maximum absolute atomic E-state index is 12.2. The van der Waals surface area contributed by atoms with Gasteiger partial charge in [0.1, 0.15) is 5.69 Å². The van der Waals surface area contributed by atoms with E-state index in [0.717, 1.165) is 12.0 Å². The third kappa shape index (κ3) is 5.50. The lowest BCUT2D eigenvalue weighted by Gasteiger charge is -2.20. The Bertz CT molecular complexity index is 706. The Morgan fingerprint density at radius 1 is 1.04 bits per heavy atom. The van der Waals surface area contributed by atoms with Crippen LogP contribution in [-0.2, 0) is 6.42 Å². The van der Waals surface area contributed by atoms with Gasteiger partial charge in [-0.1, -0.05) is 30.3 Å². The quantitative estimate of drug-likeness (QED) is 0.887. The Morgan fingerprint density at radius 2 is 1.75 bits per heavy atom. The predicted octanol–water partition coefficient (Wildman–Crippen LogP) is 2.58. The molecule has 1 aromatic carbocycles. The fourth-order valence-electron chi connectivity index (χ4n) is 2.17. The molecule has 2 amide bonds. The van der Waals surface area contributed by atoms with Crippen molar-refractivity contribution in [2.24, 2.45) is 0 Å². The molecule has 0 unspecified atom stereocenters. The zero-order chi connectivity index (χ0) is 17.6. The minimum Gasteiger partial charge on any atom is -0.352 e. The first-order chi connectivity index (χ1) is 11.3. The molecule has 0 aliphatic heterocycles. The average molecular weight is 325 g/mol. The van der Waals surface area contributed by atoms with Crippen LogP contribution in [0.3, 0.4) is 0 Å². The van der Waals surface area contributed by atoms with Crippen molar-refractivity contribution in [3.8, 4) is 0 Å². The summed E-state index contributed by atoms with van der Waals surface area (Å²) in [6.07, 6.45) is 2.23. The van der Waals surface area contributed by atoms with Gasteiger partial charge in [0.15, 0.2) is 0 Å². The average Bonchev–Trinajstić information content (AvgIpc) is 2.54. The first kappa shape index (κ1) is 17.7. The molecule has 1 aromatic heterocycles. The van der Waals surface area contributed by atoms with Gasteiger partial charge in [-0.3, -0.25) is 14.6 Å². The fraction of sp³-hybridized carbons (Fsp3) is 0.316. The molecule has 2 aromatic rings. The zero-order valence-corrected chi connectivity index (χ0v) is 14.3. The molecule has 0 saturated heterocycles. The number of carbonyl (C=O) groups is 2. The second-order valence-electron chi connectivity index (χ2n) is 6.63. The molecule has 5 nitrogen and oxygen atoms in total. The third-order valence-electron chi connectivity index (χ3n) is 3.29. The van der Waals surface area contributed by atoms with Crippen molar-refractivity contribution in [3.63, 3.8) is 0 Å². The number of pyridine rings is 1. The van der Waals surface area contributed by atoms with E-state index in [9.17, 15) is 9.59 Å². The topological polar surface area (TPSA) is 71.1 Å². The highest BCUT2D eigenvalue weighted by Gasteiger charge is 2.17. The van der Waals surface area contributed by atoms with Crippen LogP contribution in [0.2, 0.25) is 0 Å². The highest BCUT2D eigenvalue weighted by molar-refractivity contribution is 5.98. The van der Waals surface area contributed by atoms with Gasteiger partial charge in [0.05, 0.1) is 0 Å². The van der Waals surface area contributed by atoms with E-state index in [2.05, 4.69) is 15.6 Å². The smallest absolute Gasteiger partial charge is 0.270 e. The van der Waals surface area contributed by atoms with Crippen LogP contribution in [0.1, 0.15) is 47.2 Å². The lowest BCUT2D eigenvalue weighted by molar-refractivity contribution is 0.0914. The van der Waals surface area contributed by atoms with Gasteiger partial charge in [0.25, 0.3) is 11.8 Å². The van der Waals surface area contributed by atoms with Gasteiger partial charge in [-0.2, -0.15) is 0 Å². The molecular weight excluding hydrogens is 302 g/mol. The molecule has 5 heteroatoms. The molecule has 24 heavy (non-hydrogen) atoms. The van der Waals surface area contributed by atoms with Crippen LogP contribution >= 0.6 is 0 Å². The van der Waals surface area contributed by atoms with Crippen molar-refractivity contribution in [1.82, 2.24) is 15.6 Å². The summed E-state index contributed by atoms with van der Waals surface area (Å²) < 4.78 is 0. The van der Waals surface area contributed by atoms with Crippen molar-refractivity contribution < 1.29 is 9.59 Å². The molecule has 0 bridgehead atoms. The van der Waals surface area contributed by atoms with Crippen molar-refractivity contribution in [3.05, 3.63) is 65.5 Å². The normalized spacial score (nSPS) is 11.0. The Kier molecular flexibility index (Phi) is 5.68. The van der Waals surface area contributed by atoms with Crippen LogP contribution in [-0.4, -0.2) is 28.9 Å². The van der Waals surface area contributed by atoms with Gasteiger partial charge < -0.3 is 10.6 Å². The number of hydrogen-bond acceptors (Lipinski definition) is 3. The number of hydrogen-bond donors (Lipinski definition) is 2. The molecule has 0 radical (unpaired) electrons. The number of nitrogens with one attached hydrogen (secondary N) is 2. The Balaban J connectivity index is 1.95.